The molecule has 0 N–H and O–H groups in total. The first-order valence-electron chi connectivity index (χ1n) is 9.57. The maximum Gasteiger partial charge on any atom is 0.337 e. The predicted molar refractivity (Wildman–Crippen MR) is 95.7 cm³/mol. The van der Waals surface area contributed by atoms with Crippen molar-refractivity contribution in [1.82, 2.24) is 0 Å². The van der Waals surface area contributed by atoms with Gasteiger partial charge in [0.05, 0.1) is 5.57 Å². The van der Waals surface area contributed by atoms with Crippen molar-refractivity contribution in [3.63, 3.8) is 0 Å². The number of rotatable bonds is 4. The second-order valence-electron chi connectivity index (χ2n) is 9.43. The van der Waals surface area contributed by atoms with Gasteiger partial charge >= 0.3 is 11.9 Å². The van der Waals surface area contributed by atoms with Crippen molar-refractivity contribution in [2.75, 3.05) is 6.61 Å². The minimum absolute atomic E-state index is 0.0953. The topological polar surface area (TPSA) is 52.6 Å². The van der Waals surface area contributed by atoms with E-state index in [1.54, 1.807) is 0 Å². The fourth-order valence-corrected chi connectivity index (χ4v) is 6.51. The molecule has 140 valence electrons. The summed E-state index contributed by atoms with van der Waals surface area (Å²) in [5.41, 5.74) is 0.360. The third-order valence-electron chi connectivity index (χ3n) is 7.83. The highest BCUT2D eigenvalue weighted by Gasteiger charge is 2.68. The molecule has 0 aromatic heterocycles. The van der Waals surface area contributed by atoms with Gasteiger partial charge in [0.25, 0.3) is 0 Å². The Morgan fingerprint density at radius 1 is 1.12 bits per heavy atom. The molecule has 3 saturated carbocycles. The molecule has 3 rings (SSSR count). The Labute approximate surface area is 151 Å². The Morgan fingerprint density at radius 3 is 2.44 bits per heavy atom. The maximum absolute atomic E-state index is 12.5. The first kappa shape index (κ1) is 18.5. The molecule has 5 atom stereocenters. The van der Waals surface area contributed by atoms with Gasteiger partial charge in [-0.2, -0.15) is 0 Å². The third-order valence-corrected chi connectivity index (χ3v) is 7.83. The average molecular weight is 348 g/mol. The number of hydrogen-bond acceptors (Lipinski definition) is 4. The average Bonchev–Trinajstić information content (AvgIpc) is 2.94. The molecule has 4 heteroatoms. The van der Waals surface area contributed by atoms with Crippen LogP contribution in [-0.4, -0.2) is 24.1 Å². The molecule has 3 aliphatic carbocycles. The van der Waals surface area contributed by atoms with E-state index in [2.05, 4.69) is 34.3 Å². The van der Waals surface area contributed by atoms with Crippen molar-refractivity contribution in [3.8, 4) is 0 Å². The second-order valence-corrected chi connectivity index (χ2v) is 9.43. The number of carbonyl (C=O) groups is 2. The molecule has 5 unspecified atom stereocenters. The standard InChI is InChI=1S/C21H32O4/c1-13(12-24-15(3)22)18(23)25-20(6)9-10-21-11-17(20)19(4,5)16(21)8-7-14(21)2/h14,16-17H,1,7-12H2,2-6H3. The number of carbonyl (C=O) groups excluding carboxylic acids is 2. The maximum atomic E-state index is 12.5. The van der Waals surface area contributed by atoms with E-state index in [9.17, 15) is 9.59 Å². The number of hydrogen-bond donors (Lipinski definition) is 0. The minimum atomic E-state index is -0.463. The van der Waals surface area contributed by atoms with Crippen LogP contribution in [0.3, 0.4) is 0 Å². The van der Waals surface area contributed by atoms with E-state index in [4.69, 9.17) is 9.47 Å². The van der Waals surface area contributed by atoms with Crippen LogP contribution in [-0.2, 0) is 19.1 Å². The Morgan fingerprint density at radius 2 is 1.80 bits per heavy atom. The number of esters is 2. The molecule has 3 fully saturated rings. The highest BCUT2D eigenvalue weighted by Crippen LogP contribution is 2.73. The molecule has 0 heterocycles. The van der Waals surface area contributed by atoms with Gasteiger partial charge in [0.15, 0.2) is 0 Å². The van der Waals surface area contributed by atoms with Gasteiger partial charge in [0.2, 0.25) is 0 Å². The minimum Gasteiger partial charge on any atom is -0.461 e. The molecule has 0 amide bonds. The van der Waals surface area contributed by atoms with Crippen LogP contribution in [0.2, 0.25) is 0 Å². The van der Waals surface area contributed by atoms with E-state index in [-0.39, 0.29) is 17.6 Å². The first-order chi connectivity index (χ1) is 11.5. The van der Waals surface area contributed by atoms with Crippen LogP contribution in [0.25, 0.3) is 0 Å². The number of ether oxygens (including phenoxy) is 2. The van der Waals surface area contributed by atoms with E-state index in [1.807, 2.05) is 0 Å². The molecule has 0 saturated heterocycles. The van der Waals surface area contributed by atoms with Crippen molar-refractivity contribution in [2.45, 2.75) is 72.3 Å². The van der Waals surface area contributed by atoms with Crippen molar-refractivity contribution >= 4 is 11.9 Å². The lowest BCUT2D eigenvalue weighted by molar-refractivity contribution is -0.169. The van der Waals surface area contributed by atoms with Crippen molar-refractivity contribution in [3.05, 3.63) is 12.2 Å². The summed E-state index contributed by atoms with van der Waals surface area (Å²) in [7, 11) is 0. The van der Waals surface area contributed by atoms with Crippen LogP contribution in [0.15, 0.2) is 12.2 Å². The van der Waals surface area contributed by atoms with Gasteiger partial charge < -0.3 is 9.47 Å². The molecule has 3 aliphatic rings. The summed E-state index contributed by atoms with van der Waals surface area (Å²) < 4.78 is 10.9. The second kappa shape index (κ2) is 5.85. The summed E-state index contributed by atoms with van der Waals surface area (Å²) in [6, 6.07) is 0. The quantitative estimate of drug-likeness (QED) is 0.562. The zero-order chi connectivity index (χ0) is 18.6. The van der Waals surface area contributed by atoms with E-state index in [0.717, 1.165) is 31.1 Å². The summed E-state index contributed by atoms with van der Waals surface area (Å²) in [6.45, 7) is 14.2. The SMILES string of the molecule is C=C(COC(C)=O)C(=O)OC1(C)CCC23CC1C(C)(C)C2CCC3C. The Bertz CT molecular complexity index is 607. The van der Waals surface area contributed by atoms with Gasteiger partial charge in [-0.05, 0) is 61.7 Å². The molecular formula is C21H32O4. The van der Waals surface area contributed by atoms with Crippen molar-refractivity contribution in [1.29, 1.82) is 0 Å². The molecular weight excluding hydrogens is 316 g/mol. The fourth-order valence-electron chi connectivity index (χ4n) is 6.51. The van der Waals surface area contributed by atoms with Gasteiger partial charge in [0.1, 0.15) is 12.2 Å². The van der Waals surface area contributed by atoms with Crippen LogP contribution in [0, 0.1) is 28.6 Å². The lowest BCUT2D eigenvalue weighted by Crippen LogP contribution is -2.47. The van der Waals surface area contributed by atoms with E-state index >= 15 is 0 Å². The Hall–Kier alpha value is -1.32. The smallest absolute Gasteiger partial charge is 0.337 e. The van der Waals surface area contributed by atoms with Crippen LogP contribution in [0.4, 0.5) is 0 Å². The number of fused-ring (bicyclic) bond motifs is 1. The van der Waals surface area contributed by atoms with Gasteiger partial charge in [-0.1, -0.05) is 27.4 Å². The Balaban J connectivity index is 1.76. The van der Waals surface area contributed by atoms with Gasteiger partial charge in [-0.3, -0.25) is 4.79 Å². The van der Waals surface area contributed by atoms with Crippen molar-refractivity contribution < 1.29 is 19.1 Å². The molecule has 2 bridgehead atoms. The van der Waals surface area contributed by atoms with E-state index in [0.29, 0.717) is 11.3 Å². The summed E-state index contributed by atoms with van der Waals surface area (Å²) in [6.07, 6.45) is 5.84. The fraction of sp³-hybridized carbons (Fsp3) is 0.810. The van der Waals surface area contributed by atoms with Gasteiger partial charge in [-0.25, -0.2) is 4.79 Å². The van der Waals surface area contributed by atoms with Crippen LogP contribution < -0.4 is 0 Å². The zero-order valence-corrected chi connectivity index (χ0v) is 16.3. The van der Waals surface area contributed by atoms with E-state index < -0.39 is 17.5 Å². The predicted octanol–water partition coefficient (Wildman–Crippen LogP) is 4.28. The van der Waals surface area contributed by atoms with Gasteiger partial charge in [-0.15, -0.1) is 0 Å². The summed E-state index contributed by atoms with van der Waals surface area (Å²) in [5.74, 6) is 1.01. The molecule has 25 heavy (non-hydrogen) atoms. The largest absolute Gasteiger partial charge is 0.461 e. The third kappa shape index (κ3) is 2.72. The lowest BCUT2D eigenvalue weighted by Gasteiger charge is -2.46. The molecule has 0 radical (unpaired) electrons. The highest BCUT2D eigenvalue weighted by molar-refractivity contribution is 5.88. The lowest BCUT2D eigenvalue weighted by atomic mass is 9.64. The Kier molecular flexibility index (Phi) is 4.32. The van der Waals surface area contributed by atoms with Crippen LogP contribution in [0.1, 0.15) is 66.7 Å². The molecule has 0 aliphatic heterocycles. The van der Waals surface area contributed by atoms with Gasteiger partial charge in [0, 0.05) is 12.8 Å². The molecule has 0 aromatic carbocycles. The van der Waals surface area contributed by atoms with Crippen LogP contribution >= 0.6 is 0 Å². The molecule has 1 spiro atoms. The summed E-state index contributed by atoms with van der Waals surface area (Å²) in [5, 5.41) is 0. The van der Waals surface area contributed by atoms with Crippen molar-refractivity contribution in [2.24, 2.45) is 28.6 Å². The molecule has 0 aromatic rings. The molecule has 4 nitrogen and oxygen atoms in total. The zero-order valence-electron chi connectivity index (χ0n) is 16.3. The first-order valence-corrected chi connectivity index (χ1v) is 9.57. The monoisotopic (exact) mass is 348 g/mol. The van der Waals surface area contributed by atoms with Crippen LogP contribution in [0.5, 0.6) is 0 Å². The summed E-state index contributed by atoms with van der Waals surface area (Å²) >= 11 is 0. The summed E-state index contributed by atoms with van der Waals surface area (Å²) in [4.78, 5) is 23.5. The van der Waals surface area contributed by atoms with E-state index in [1.165, 1.54) is 19.8 Å². The highest BCUT2D eigenvalue weighted by atomic mass is 16.6. The normalized spacial score (nSPS) is 41.1.